The van der Waals surface area contributed by atoms with E-state index in [1.807, 2.05) is 6.92 Å². The maximum absolute atomic E-state index is 13.4. The van der Waals surface area contributed by atoms with Gasteiger partial charge in [0.05, 0.1) is 5.02 Å². The molecule has 0 saturated carbocycles. The van der Waals surface area contributed by atoms with Crippen LogP contribution in [0.3, 0.4) is 0 Å². The third kappa shape index (κ3) is 4.37. The molecule has 1 aromatic carbocycles. The van der Waals surface area contributed by atoms with Crippen molar-refractivity contribution in [3.05, 3.63) is 34.6 Å². The zero-order valence-electron chi connectivity index (χ0n) is 8.56. The van der Waals surface area contributed by atoms with Gasteiger partial charge >= 0.3 is 0 Å². The number of hydrogen-bond acceptors (Lipinski definition) is 1. The number of hydrogen-bond donors (Lipinski definition) is 1. The van der Waals surface area contributed by atoms with Crippen molar-refractivity contribution in [2.75, 3.05) is 6.54 Å². The standard InChI is InChI=1S/C11H14Cl2FN/c1-8(12)5-6-15-7-9-3-2-4-10(13)11(9)14/h2-4,8,15H,5-7H2,1H3. The first-order valence-corrected chi connectivity index (χ1v) is 5.70. The molecule has 0 fully saturated rings. The van der Waals surface area contributed by atoms with Gasteiger partial charge in [-0.25, -0.2) is 4.39 Å². The van der Waals surface area contributed by atoms with Gasteiger partial charge in [-0.2, -0.15) is 0 Å². The Balaban J connectivity index is 2.41. The first-order valence-electron chi connectivity index (χ1n) is 4.89. The van der Waals surface area contributed by atoms with Crippen molar-refractivity contribution in [1.29, 1.82) is 0 Å². The molecule has 0 aliphatic carbocycles. The SMILES string of the molecule is CC(Cl)CCNCc1cccc(Cl)c1F. The lowest BCUT2D eigenvalue weighted by atomic mass is 10.2. The second-order valence-electron chi connectivity index (χ2n) is 3.46. The number of alkyl halides is 1. The van der Waals surface area contributed by atoms with Crippen LogP contribution in [0, 0.1) is 5.82 Å². The van der Waals surface area contributed by atoms with Crippen LogP contribution < -0.4 is 5.32 Å². The average molecular weight is 250 g/mol. The Morgan fingerprint density at radius 3 is 2.87 bits per heavy atom. The zero-order chi connectivity index (χ0) is 11.3. The van der Waals surface area contributed by atoms with Gasteiger partial charge in [-0.3, -0.25) is 0 Å². The summed E-state index contributed by atoms with van der Waals surface area (Å²) >= 11 is 11.4. The fraction of sp³-hybridized carbons (Fsp3) is 0.455. The van der Waals surface area contributed by atoms with E-state index in [0.717, 1.165) is 13.0 Å². The maximum Gasteiger partial charge on any atom is 0.146 e. The number of nitrogens with one attached hydrogen (secondary N) is 1. The Hall–Kier alpha value is -0.310. The van der Waals surface area contributed by atoms with Crippen LogP contribution in [0.5, 0.6) is 0 Å². The molecule has 1 nitrogen and oxygen atoms in total. The fourth-order valence-corrected chi connectivity index (χ4v) is 1.51. The second-order valence-corrected chi connectivity index (χ2v) is 4.61. The van der Waals surface area contributed by atoms with Crippen LogP contribution in [0.2, 0.25) is 5.02 Å². The molecule has 1 unspecified atom stereocenters. The predicted molar refractivity (Wildman–Crippen MR) is 63.0 cm³/mol. The van der Waals surface area contributed by atoms with Crippen molar-refractivity contribution in [2.45, 2.75) is 25.3 Å². The lowest BCUT2D eigenvalue weighted by molar-refractivity contribution is 0.581. The Labute approximate surface area is 99.6 Å². The summed E-state index contributed by atoms with van der Waals surface area (Å²) in [4.78, 5) is 0. The molecular weight excluding hydrogens is 236 g/mol. The molecule has 0 aromatic heterocycles. The van der Waals surface area contributed by atoms with E-state index >= 15 is 0 Å². The molecule has 0 radical (unpaired) electrons. The van der Waals surface area contributed by atoms with Crippen molar-refractivity contribution in [3.8, 4) is 0 Å². The zero-order valence-corrected chi connectivity index (χ0v) is 10.1. The van der Waals surface area contributed by atoms with Crippen LogP contribution in [-0.2, 0) is 6.54 Å². The Morgan fingerprint density at radius 2 is 2.20 bits per heavy atom. The Morgan fingerprint density at radius 1 is 1.47 bits per heavy atom. The largest absolute Gasteiger partial charge is 0.313 e. The van der Waals surface area contributed by atoms with Crippen molar-refractivity contribution < 1.29 is 4.39 Å². The van der Waals surface area contributed by atoms with Gasteiger partial charge < -0.3 is 5.32 Å². The van der Waals surface area contributed by atoms with Gasteiger partial charge in [-0.05, 0) is 26.0 Å². The van der Waals surface area contributed by atoms with E-state index in [2.05, 4.69) is 5.32 Å². The summed E-state index contributed by atoms with van der Waals surface area (Å²) < 4.78 is 13.4. The van der Waals surface area contributed by atoms with Crippen LogP contribution in [0.4, 0.5) is 4.39 Å². The van der Waals surface area contributed by atoms with E-state index in [-0.39, 0.29) is 16.2 Å². The second kappa shape index (κ2) is 6.31. The predicted octanol–water partition coefficient (Wildman–Crippen LogP) is 3.59. The van der Waals surface area contributed by atoms with E-state index in [1.54, 1.807) is 18.2 Å². The molecule has 0 saturated heterocycles. The van der Waals surface area contributed by atoms with Crippen LogP contribution >= 0.6 is 23.2 Å². The van der Waals surface area contributed by atoms with Crippen LogP contribution in [0.25, 0.3) is 0 Å². The quantitative estimate of drug-likeness (QED) is 0.622. The summed E-state index contributed by atoms with van der Waals surface area (Å²) in [5.41, 5.74) is 0.588. The molecule has 0 heterocycles. The van der Waals surface area contributed by atoms with Crippen LogP contribution in [-0.4, -0.2) is 11.9 Å². The topological polar surface area (TPSA) is 12.0 Å². The van der Waals surface area contributed by atoms with Crippen molar-refractivity contribution >= 4 is 23.2 Å². The molecule has 1 N–H and O–H groups in total. The van der Waals surface area contributed by atoms with Crippen LogP contribution in [0.15, 0.2) is 18.2 Å². The first kappa shape index (κ1) is 12.8. The molecule has 0 amide bonds. The summed E-state index contributed by atoms with van der Waals surface area (Å²) in [6.07, 6.45) is 0.865. The highest BCUT2D eigenvalue weighted by Crippen LogP contribution is 2.17. The van der Waals surface area contributed by atoms with E-state index < -0.39 is 0 Å². The van der Waals surface area contributed by atoms with Gasteiger partial charge in [0.15, 0.2) is 0 Å². The smallest absolute Gasteiger partial charge is 0.146 e. The molecule has 15 heavy (non-hydrogen) atoms. The number of halogens is 3. The molecule has 1 atom stereocenters. The molecule has 0 aliphatic rings. The minimum atomic E-state index is -0.342. The lowest BCUT2D eigenvalue weighted by Gasteiger charge is -2.07. The van der Waals surface area contributed by atoms with E-state index in [0.29, 0.717) is 12.1 Å². The van der Waals surface area contributed by atoms with Gasteiger partial charge in [-0.15, -0.1) is 11.6 Å². The monoisotopic (exact) mass is 249 g/mol. The molecular formula is C11H14Cl2FN. The third-order valence-corrected chi connectivity index (χ3v) is 2.58. The van der Waals surface area contributed by atoms with E-state index in [1.165, 1.54) is 0 Å². The summed E-state index contributed by atoms with van der Waals surface area (Å²) in [5.74, 6) is -0.342. The fourth-order valence-electron chi connectivity index (χ4n) is 1.21. The maximum atomic E-state index is 13.4. The highest BCUT2D eigenvalue weighted by atomic mass is 35.5. The van der Waals surface area contributed by atoms with Gasteiger partial charge in [0.1, 0.15) is 5.82 Å². The highest BCUT2D eigenvalue weighted by Gasteiger charge is 2.05. The summed E-state index contributed by atoms with van der Waals surface area (Å²) in [6, 6.07) is 5.01. The van der Waals surface area contributed by atoms with Gasteiger partial charge in [0.2, 0.25) is 0 Å². The number of rotatable bonds is 5. The van der Waals surface area contributed by atoms with Gasteiger partial charge in [0, 0.05) is 17.5 Å². The van der Waals surface area contributed by atoms with Crippen molar-refractivity contribution in [3.63, 3.8) is 0 Å². The van der Waals surface area contributed by atoms with Gasteiger partial charge in [-0.1, -0.05) is 23.7 Å². The van der Waals surface area contributed by atoms with Gasteiger partial charge in [0.25, 0.3) is 0 Å². The highest BCUT2D eigenvalue weighted by molar-refractivity contribution is 6.30. The summed E-state index contributed by atoms with van der Waals surface area (Å²) in [7, 11) is 0. The Kier molecular flexibility index (Phi) is 5.37. The normalized spacial score (nSPS) is 12.8. The average Bonchev–Trinajstić information content (AvgIpc) is 2.18. The first-order chi connectivity index (χ1) is 7.11. The van der Waals surface area contributed by atoms with Crippen molar-refractivity contribution in [1.82, 2.24) is 5.32 Å². The molecule has 1 rings (SSSR count). The van der Waals surface area contributed by atoms with E-state index in [9.17, 15) is 4.39 Å². The van der Waals surface area contributed by atoms with Crippen molar-refractivity contribution in [2.24, 2.45) is 0 Å². The third-order valence-electron chi connectivity index (χ3n) is 2.07. The molecule has 4 heteroatoms. The minimum Gasteiger partial charge on any atom is -0.313 e. The molecule has 0 aliphatic heterocycles. The molecule has 0 spiro atoms. The molecule has 1 aromatic rings. The number of benzene rings is 1. The lowest BCUT2D eigenvalue weighted by Crippen LogP contribution is -2.17. The Bertz CT molecular complexity index is 315. The van der Waals surface area contributed by atoms with E-state index in [4.69, 9.17) is 23.2 Å². The van der Waals surface area contributed by atoms with Crippen LogP contribution in [0.1, 0.15) is 18.9 Å². The minimum absolute atomic E-state index is 0.140. The summed E-state index contributed by atoms with van der Waals surface area (Å²) in [5, 5.41) is 3.43. The molecule has 0 bridgehead atoms. The molecule has 84 valence electrons. The summed E-state index contributed by atoms with van der Waals surface area (Å²) in [6.45, 7) is 3.19.